The molecule has 1 unspecified atom stereocenters. The summed E-state index contributed by atoms with van der Waals surface area (Å²) in [6.45, 7) is 3.17. The number of hydrogen-bond donors (Lipinski definition) is 0. The highest BCUT2D eigenvalue weighted by atomic mass is 79.9. The van der Waals surface area contributed by atoms with Gasteiger partial charge in [0.1, 0.15) is 4.21 Å². The van der Waals surface area contributed by atoms with E-state index in [1.807, 2.05) is 6.92 Å². The van der Waals surface area contributed by atoms with Gasteiger partial charge in [-0.1, -0.05) is 15.9 Å². The van der Waals surface area contributed by atoms with E-state index in [2.05, 4.69) is 31.9 Å². The fraction of sp³-hybridized carbons (Fsp3) is 0.600. The molecule has 0 amide bonds. The summed E-state index contributed by atoms with van der Waals surface area (Å²) in [5.41, 5.74) is 0.977. The molecule has 0 N–H and O–H groups in total. The molecule has 0 aromatic carbocycles. The average molecular weight is 403 g/mol. The summed E-state index contributed by atoms with van der Waals surface area (Å²) in [5.74, 6) is 0.439. The molecule has 2 rings (SSSR count). The van der Waals surface area contributed by atoms with Gasteiger partial charge in [-0.15, -0.1) is 11.3 Å². The predicted molar refractivity (Wildman–Crippen MR) is 77.4 cm³/mol. The van der Waals surface area contributed by atoms with Crippen molar-refractivity contribution in [1.82, 2.24) is 4.31 Å². The minimum atomic E-state index is -3.28. The maximum absolute atomic E-state index is 12.4. The minimum Gasteiger partial charge on any atom is -0.206 e. The first-order chi connectivity index (χ1) is 7.95. The first-order valence-electron chi connectivity index (χ1n) is 5.27. The van der Waals surface area contributed by atoms with Crippen molar-refractivity contribution >= 4 is 53.2 Å². The van der Waals surface area contributed by atoms with E-state index in [0.29, 0.717) is 23.2 Å². The van der Waals surface area contributed by atoms with E-state index >= 15 is 0 Å². The highest BCUT2D eigenvalue weighted by molar-refractivity contribution is 9.11. The summed E-state index contributed by atoms with van der Waals surface area (Å²) in [7, 11) is -3.28. The van der Waals surface area contributed by atoms with Gasteiger partial charge < -0.3 is 0 Å². The smallest absolute Gasteiger partial charge is 0.206 e. The van der Waals surface area contributed by atoms with Crippen LogP contribution in [-0.2, 0) is 10.0 Å². The van der Waals surface area contributed by atoms with Crippen LogP contribution in [0.5, 0.6) is 0 Å². The minimum absolute atomic E-state index is 0.439. The Morgan fingerprint density at radius 1 is 1.59 bits per heavy atom. The van der Waals surface area contributed by atoms with Crippen LogP contribution in [0.2, 0.25) is 0 Å². The van der Waals surface area contributed by atoms with Crippen molar-refractivity contribution in [3.63, 3.8) is 0 Å². The standard InChI is InChI=1S/C10H13Br2NO2S2/c1-7-4-9(16-10(7)12)17(14,15)13-3-2-8(5-11)6-13/h4,8H,2-3,5-6H2,1H3. The Kier molecular flexibility index (Phi) is 4.35. The van der Waals surface area contributed by atoms with Crippen LogP contribution < -0.4 is 0 Å². The Balaban J connectivity index is 2.25. The van der Waals surface area contributed by atoms with Crippen molar-refractivity contribution in [2.75, 3.05) is 18.4 Å². The lowest BCUT2D eigenvalue weighted by molar-refractivity contribution is 0.467. The van der Waals surface area contributed by atoms with E-state index in [1.54, 1.807) is 10.4 Å². The SMILES string of the molecule is Cc1cc(S(=O)(=O)N2CCC(CBr)C2)sc1Br. The van der Waals surface area contributed by atoms with Gasteiger partial charge >= 0.3 is 0 Å². The Hall–Kier alpha value is 0.570. The zero-order valence-electron chi connectivity index (χ0n) is 9.32. The summed E-state index contributed by atoms with van der Waals surface area (Å²) in [6.07, 6.45) is 0.940. The molecule has 0 spiro atoms. The van der Waals surface area contributed by atoms with Gasteiger partial charge in [-0.05, 0) is 46.8 Å². The predicted octanol–water partition coefficient (Wildman–Crippen LogP) is 3.22. The van der Waals surface area contributed by atoms with Gasteiger partial charge in [-0.25, -0.2) is 8.42 Å². The summed E-state index contributed by atoms with van der Waals surface area (Å²) >= 11 is 8.08. The molecule has 1 aliphatic heterocycles. The molecule has 0 bridgehead atoms. The van der Waals surface area contributed by atoms with Crippen LogP contribution in [0.15, 0.2) is 14.1 Å². The van der Waals surface area contributed by atoms with Gasteiger partial charge in [-0.3, -0.25) is 0 Å². The van der Waals surface area contributed by atoms with Crippen molar-refractivity contribution in [2.24, 2.45) is 5.92 Å². The van der Waals surface area contributed by atoms with Crippen molar-refractivity contribution in [3.05, 3.63) is 15.4 Å². The van der Waals surface area contributed by atoms with E-state index < -0.39 is 10.0 Å². The van der Waals surface area contributed by atoms with Crippen LogP contribution in [0.1, 0.15) is 12.0 Å². The molecule has 1 fully saturated rings. The van der Waals surface area contributed by atoms with Gasteiger partial charge in [0.25, 0.3) is 10.0 Å². The van der Waals surface area contributed by atoms with Crippen LogP contribution >= 0.6 is 43.2 Å². The first-order valence-corrected chi connectivity index (χ1v) is 9.44. The quantitative estimate of drug-likeness (QED) is 0.727. The maximum Gasteiger partial charge on any atom is 0.252 e. The van der Waals surface area contributed by atoms with Gasteiger partial charge in [0.15, 0.2) is 0 Å². The van der Waals surface area contributed by atoms with E-state index in [9.17, 15) is 8.42 Å². The Labute approximate surface area is 123 Å². The zero-order valence-corrected chi connectivity index (χ0v) is 14.1. The number of sulfonamides is 1. The topological polar surface area (TPSA) is 37.4 Å². The third-order valence-corrected chi connectivity index (χ3v) is 8.26. The Morgan fingerprint density at radius 2 is 2.29 bits per heavy atom. The molecule has 1 saturated heterocycles. The lowest BCUT2D eigenvalue weighted by Gasteiger charge is -2.14. The average Bonchev–Trinajstić information content (AvgIpc) is 2.87. The van der Waals surface area contributed by atoms with Crippen LogP contribution in [-0.4, -0.2) is 31.1 Å². The summed E-state index contributed by atoms with van der Waals surface area (Å²) < 4.78 is 27.7. The molecule has 7 heteroatoms. The molecule has 17 heavy (non-hydrogen) atoms. The highest BCUT2D eigenvalue weighted by Gasteiger charge is 2.33. The molecular formula is C10H13Br2NO2S2. The van der Waals surface area contributed by atoms with Crippen molar-refractivity contribution in [3.8, 4) is 0 Å². The van der Waals surface area contributed by atoms with Gasteiger partial charge in [0, 0.05) is 18.4 Å². The van der Waals surface area contributed by atoms with Gasteiger partial charge in [0.2, 0.25) is 0 Å². The molecule has 3 nitrogen and oxygen atoms in total. The monoisotopic (exact) mass is 401 g/mol. The second-order valence-electron chi connectivity index (χ2n) is 4.19. The molecule has 0 saturated carbocycles. The fourth-order valence-electron chi connectivity index (χ4n) is 1.83. The molecular weight excluding hydrogens is 390 g/mol. The zero-order chi connectivity index (χ0) is 12.6. The van der Waals surface area contributed by atoms with Crippen LogP contribution in [0, 0.1) is 12.8 Å². The van der Waals surface area contributed by atoms with Crippen LogP contribution in [0.25, 0.3) is 0 Å². The first kappa shape index (κ1) is 14.0. The molecule has 0 radical (unpaired) electrons. The van der Waals surface area contributed by atoms with Gasteiger partial charge in [0.05, 0.1) is 3.79 Å². The van der Waals surface area contributed by atoms with Gasteiger partial charge in [-0.2, -0.15) is 4.31 Å². The largest absolute Gasteiger partial charge is 0.252 e. The molecule has 1 aromatic heterocycles. The van der Waals surface area contributed by atoms with E-state index in [1.165, 1.54) is 11.3 Å². The third kappa shape index (κ3) is 2.78. The molecule has 2 heterocycles. The second kappa shape index (κ2) is 5.28. The number of hydrogen-bond acceptors (Lipinski definition) is 3. The van der Waals surface area contributed by atoms with E-state index in [0.717, 1.165) is 21.1 Å². The number of nitrogens with zero attached hydrogens (tertiary/aromatic N) is 1. The lowest BCUT2D eigenvalue weighted by atomic mass is 10.2. The third-order valence-electron chi connectivity index (χ3n) is 2.90. The number of alkyl halides is 1. The number of aryl methyl sites for hydroxylation is 1. The number of thiophene rings is 1. The summed E-state index contributed by atoms with van der Waals surface area (Å²) in [4.78, 5) is 0. The fourth-order valence-corrected chi connectivity index (χ4v) is 6.27. The molecule has 1 aromatic rings. The van der Waals surface area contributed by atoms with E-state index in [-0.39, 0.29) is 0 Å². The number of rotatable bonds is 3. The molecule has 1 aliphatic rings. The molecule has 0 aliphatic carbocycles. The maximum atomic E-state index is 12.4. The van der Waals surface area contributed by atoms with E-state index in [4.69, 9.17) is 0 Å². The lowest BCUT2D eigenvalue weighted by Crippen LogP contribution is -2.28. The molecule has 1 atom stereocenters. The van der Waals surface area contributed by atoms with Crippen LogP contribution in [0.3, 0.4) is 0 Å². The second-order valence-corrected chi connectivity index (χ2v) is 9.38. The normalized spacial score (nSPS) is 22.2. The van der Waals surface area contributed by atoms with Crippen molar-refractivity contribution in [2.45, 2.75) is 17.6 Å². The Morgan fingerprint density at radius 3 is 2.76 bits per heavy atom. The Bertz CT molecular complexity index is 493. The summed E-state index contributed by atoms with van der Waals surface area (Å²) in [6, 6.07) is 1.74. The summed E-state index contributed by atoms with van der Waals surface area (Å²) in [5, 5.41) is 0.867. The van der Waals surface area contributed by atoms with Crippen molar-refractivity contribution < 1.29 is 8.42 Å². The molecule has 96 valence electrons. The van der Waals surface area contributed by atoms with Crippen molar-refractivity contribution in [1.29, 1.82) is 0 Å². The number of halogens is 2. The highest BCUT2D eigenvalue weighted by Crippen LogP contribution is 2.34. The van der Waals surface area contributed by atoms with Crippen LogP contribution in [0.4, 0.5) is 0 Å².